The molecule has 1 unspecified atom stereocenters. The zero-order valence-corrected chi connectivity index (χ0v) is 11.5. The van der Waals surface area contributed by atoms with E-state index < -0.39 is 11.0 Å². The van der Waals surface area contributed by atoms with Gasteiger partial charge in [-0.3, -0.25) is 24.6 Å². The first kappa shape index (κ1) is 13.5. The lowest BCUT2D eigenvalue weighted by molar-refractivity contribution is -0.384. The first-order valence-corrected chi connectivity index (χ1v) is 6.20. The van der Waals surface area contributed by atoms with E-state index in [1.54, 1.807) is 0 Å². The number of hydrogen-bond donors (Lipinski definition) is 1. The van der Waals surface area contributed by atoms with E-state index in [1.165, 1.54) is 25.2 Å². The first-order chi connectivity index (χ1) is 8.90. The van der Waals surface area contributed by atoms with E-state index in [4.69, 9.17) is 0 Å². The van der Waals surface area contributed by atoms with Gasteiger partial charge in [-0.25, -0.2) is 0 Å². The molecule has 0 aromatic heterocycles. The lowest BCUT2D eigenvalue weighted by Crippen LogP contribution is -2.31. The van der Waals surface area contributed by atoms with Crippen LogP contribution in [0, 0.1) is 10.1 Å². The summed E-state index contributed by atoms with van der Waals surface area (Å²) >= 11 is 3.21. The number of imide groups is 1. The Morgan fingerprint density at radius 2 is 2.16 bits per heavy atom. The summed E-state index contributed by atoms with van der Waals surface area (Å²) in [6.07, 6.45) is -0.000991. The minimum Gasteiger partial charge on any atom is -0.368 e. The molecule has 1 N–H and O–H groups in total. The highest BCUT2D eigenvalue weighted by atomic mass is 79.9. The molecule has 0 aliphatic carbocycles. The Kier molecular flexibility index (Phi) is 3.52. The number of nitro benzene ring substituents is 1. The number of likely N-dealkylation sites (tertiary alicyclic amines) is 1. The minimum absolute atomic E-state index is 0.000991. The maximum atomic E-state index is 11.7. The Balaban J connectivity index is 2.29. The Bertz CT molecular complexity index is 575. The fourth-order valence-electron chi connectivity index (χ4n) is 1.84. The number of likely N-dealkylation sites (N-methyl/N-ethyl adjacent to an activating group) is 1. The molecular formula is C11H10BrN3O4. The van der Waals surface area contributed by atoms with Crippen LogP contribution >= 0.6 is 15.9 Å². The summed E-state index contributed by atoms with van der Waals surface area (Å²) in [6, 6.07) is 3.62. The van der Waals surface area contributed by atoms with Crippen LogP contribution in [0.15, 0.2) is 22.7 Å². The number of amides is 2. The van der Waals surface area contributed by atoms with Gasteiger partial charge in [0.25, 0.3) is 11.6 Å². The molecular weight excluding hydrogens is 318 g/mol. The van der Waals surface area contributed by atoms with Gasteiger partial charge in [0, 0.05) is 17.6 Å². The molecule has 0 spiro atoms. The van der Waals surface area contributed by atoms with E-state index in [1.807, 2.05) is 0 Å². The average Bonchev–Trinajstić information content (AvgIpc) is 2.57. The molecule has 1 aliphatic rings. The predicted octanol–water partition coefficient (Wildman–Crippen LogP) is 1.53. The van der Waals surface area contributed by atoms with Crippen molar-refractivity contribution in [2.45, 2.75) is 12.5 Å². The number of nitrogens with zero attached hydrogens (tertiary/aromatic N) is 2. The number of carbonyl (C=O) groups is 2. The SMILES string of the molecule is CN1C(=O)CC(Nc2cc(Br)ccc2[N+](=O)[O-])C1=O. The molecule has 100 valence electrons. The molecule has 1 aromatic rings. The molecule has 2 rings (SSSR count). The van der Waals surface area contributed by atoms with Crippen LogP contribution in [0.3, 0.4) is 0 Å². The molecule has 1 aromatic carbocycles. The van der Waals surface area contributed by atoms with Gasteiger partial charge in [0.1, 0.15) is 11.7 Å². The van der Waals surface area contributed by atoms with Crippen molar-refractivity contribution >= 4 is 39.1 Å². The molecule has 1 fully saturated rings. The van der Waals surface area contributed by atoms with Crippen LogP contribution in [-0.2, 0) is 9.59 Å². The van der Waals surface area contributed by atoms with Gasteiger partial charge in [-0.05, 0) is 12.1 Å². The van der Waals surface area contributed by atoms with Crippen molar-refractivity contribution in [2.24, 2.45) is 0 Å². The van der Waals surface area contributed by atoms with Gasteiger partial charge in [-0.1, -0.05) is 15.9 Å². The molecule has 1 atom stereocenters. The second kappa shape index (κ2) is 4.96. The van der Waals surface area contributed by atoms with Crippen LogP contribution in [0.4, 0.5) is 11.4 Å². The minimum atomic E-state index is -0.759. The number of carbonyl (C=O) groups excluding carboxylic acids is 2. The summed E-state index contributed by atoms with van der Waals surface area (Å²) in [6.45, 7) is 0. The molecule has 8 heteroatoms. The molecule has 0 saturated carbocycles. The Labute approximate surface area is 116 Å². The van der Waals surface area contributed by atoms with Crippen molar-refractivity contribution in [1.29, 1.82) is 0 Å². The topological polar surface area (TPSA) is 92.6 Å². The number of rotatable bonds is 3. The Morgan fingerprint density at radius 3 is 2.68 bits per heavy atom. The van der Waals surface area contributed by atoms with Crippen LogP contribution in [-0.4, -0.2) is 34.7 Å². The standard InChI is InChI=1S/C11H10BrN3O4/c1-14-10(16)5-8(11(14)17)13-7-4-6(12)2-3-9(7)15(18)19/h2-4,8,13H,5H2,1H3. The number of halogens is 1. The summed E-state index contributed by atoms with van der Waals surface area (Å²) in [4.78, 5) is 34.5. The fraction of sp³-hybridized carbons (Fsp3) is 0.273. The predicted molar refractivity (Wildman–Crippen MR) is 70.6 cm³/mol. The van der Waals surface area contributed by atoms with Gasteiger partial charge in [-0.2, -0.15) is 0 Å². The van der Waals surface area contributed by atoms with Crippen molar-refractivity contribution in [1.82, 2.24) is 4.90 Å². The quantitative estimate of drug-likeness (QED) is 0.516. The van der Waals surface area contributed by atoms with Gasteiger partial charge in [-0.15, -0.1) is 0 Å². The zero-order chi connectivity index (χ0) is 14.2. The van der Waals surface area contributed by atoms with E-state index in [-0.39, 0.29) is 29.6 Å². The van der Waals surface area contributed by atoms with E-state index in [2.05, 4.69) is 21.2 Å². The van der Waals surface area contributed by atoms with Crippen LogP contribution in [0.1, 0.15) is 6.42 Å². The number of nitro groups is 1. The maximum absolute atomic E-state index is 11.7. The maximum Gasteiger partial charge on any atom is 0.292 e. The van der Waals surface area contributed by atoms with Crippen LogP contribution in [0.2, 0.25) is 0 Å². The summed E-state index contributed by atoms with van der Waals surface area (Å²) in [5.41, 5.74) is 0.0684. The van der Waals surface area contributed by atoms with Gasteiger partial charge in [0.15, 0.2) is 0 Å². The van der Waals surface area contributed by atoms with Crippen molar-refractivity contribution in [3.8, 4) is 0 Å². The Hall–Kier alpha value is -1.96. The summed E-state index contributed by atoms with van der Waals surface area (Å²) in [5, 5.41) is 13.7. The molecule has 1 aliphatic heterocycles. The molecule has 7 nitrogen and oxygen atoms in total. The molecule has 0 radical (unpaired) electrons. The fourth-order valence-corrected chi connectivity index (χ4v) is 2.20. The van der Waals surface area contributed by atoms with Gasteiger partial charge in [0.2, 0.25) is 5.91 Å². The van der Waals surface area contributed by atoms with Gasteiger partial charge < -0.3 is 5.32 Å². The molecule has 1 saturated heterocycles. The monoisotopic (exact) mass is 327 g/mol. The van der Waals surface area contributed by atoms with E-state index in [0.717, 1.165) is 4.90 Å². The number of benzene rings is 1. The lowest BCUT2D eigenvalue weighted by Gasteiger charge is -2.12. The lowest BCUT2D eigenvalue weighted by atomic mass is 10.2. The van der Waals surface area contributed by atoms with Gasteiger partial charge in [0.05, 0.1) is 11.3 Å². The van der Waals surface area contributed by atoms with Crippen LogP contribution < -0.4 is 5.32 Å². The van der Waals surface area contributed by atoms with Crippen molar-refractivity contribution in [3.05, 3.63) is 32.8 Å². The third-order valence-electron chi connectivity index (χ3n) is 2.87. The van der Waals surface area contributed by atoms with E-state index in [9.17, 15) is 19.7 Å². The second-order valence-electron chi connectivity index (χ2n) is 4.11. The molecule has 0 bridgehead atoms. The second-order valence-corrected chi connectivity index (χ2v) is 5.03. The van der Waals surface area contributed by atoms with Crippen molar-refractivity contribution in [3.63, 3.8) is 0 Å². The van der Waals surface area contributed by atoms with E-state index in [0.29, 0.717) is 4.47 Å². The summed E-state index contributed by atoms with van der Waals surface area (Å²) in [7, 11) is 1.39. The molecule has 2 amide bonds. The highest BCUT2D eigenvalue weighted by Crippen LogP contribution is 2.29. The summed E-state index contributed by atoms with van der Waals surface area (Å²) in [5.74, 6) is -0.695. The molecule has 1 heterocycles. The number of anilines is 1. The average molecular weight is 328 g/mol. The Morgan fingerprint density at radius 1 is 1.47 bits per heavy atom. The first-order valence-electron chi connectivity index (χ1n) is 5.41. The normalized spacial score (nSPS) is 18.8. The van der Waals surface area contributed by atoms with Crippen molar-refractivity contribution in [2.75, 3.05) is 12.4 Å². The van der Waals surface area contributed by atoms with Crippen molar-refractivity contribution < 1.29 is 14.5 Å². The zero-order valence-electron chi connectivity index (χ0n) is 9.92. The number of hydrogen-bond acceptors (Lipinski definition) is 5. The smallest absolute Gasteiger partial charge is 0.292 e. The molecule has 19 heavy (non-hydrogen) atoms. The van der Waals surface area contributed by atoms with Crippen LogP contribution in [0.25, 0.3) is 0 Å². The highest BCUT2D eigenvalue weighted by Gasteiger charge is 2.36. The highest BCUT2D eigenvalue weighted by molar-refractivity contribution is 9.10. The largest absolute Gasteiger partial charge is 0.368 e. The summed E-state index contributed by atoms with van der Waals surface area (Å²) < 4.78 is 0.644. The van der Waals surface area contributed by atoms with E-state index >= 15 is 0 Å². The van der Waals surface area contributed by atoms with Crippen LogP contribution in [0.5, 0.6) is 0 Å². The third kappa shape index (κ3) is 2.58. The van der Waals surface area contributed by atoms with Gasteiger partial charge >= 0.3 is 0 Å². The number of nitrogens with one attached hydrogen (secondary N) is 1. The third-order valence-corrected chi connectivity index (χ3v) is 3.36.